The lowest BCUT2D eigenvalue weighted by atomic mass is 9.97. The quantitative estimate of drug-likeness (QED) is 0.186. The van der Waals surface area contributed by atoms with Gasteiger partial charge in [-0.1, -0.05) is 84.9 Å². The zero-order valence-corrected chi connectivity index (χ0v) is 25.7. The van der Waals surface area contributed by atoms with Crippen LogP contribution in [0.4, 0.5) is 0 Å². The topological polar surface area (TPSA) is 131 Å². The molecule has 44 heavy (non-hydrogen) atoms. The summed E-state index contributed by atoms with van der Waals surface area (Å²) in [6, 6.07) is 27.2. The van der Waals surface area contributed by atoms with Gasteiger partial charge in [0, 0.05) is 38.3 Å². The van der Waals surface area contributed by atoms with Crippen LogP contribution >= 0.6 is 0 Å². The van der Waals surface area contributed by atoms with Gasteiger partial charge in [0.25, 0.3) is 0 Å². The molecule has 4 aromatic rings. The van der Waals surface area contributed by atoms with E-state index in [0.29, 0.717) is 32.5 Å². The fourth-order valence-corrected chi connectivity index (χ4v) is 6.39. The van der Waals surface area contributed by atoms with E-state index >= 15 is 0 Å². The summed E-state index contributed by atoms with van der Waals surface area (Å²) in [5.41, 5.74) is 20.8. The summed E-state index contributed by atoms with van der Waals surface area (Å²) >= 11 is 0. The van der Waals surface area contributed by atoms with E-state index in [4.69, 9.17) is 17.2 Å². The van der Waals surface area contributed by atoms with Crippen LogP contribution in [0.25, 0.3) is 21.5 Å². The molecule has 1 fully saturated rings. The number of benzene rings is 4. The van der Waals surface area contributed by atoms with Gasteiger partial charge in [-0.15, -0.1) is 0 Å². The first-order valence-electron chi connectivity index (χ1n) is 15.8. The van der Waals surface area contributed by atoms with Crippen molar-refractivity contribution in [1.82, 2.24) is 15.1 Å². The molecule has 0 aliphatic carbocycles. The van der Waals surface area contributed by atoms with Gasteiger partial charge in [0.15, 0.2) is 0 Å². The van der Waals surface area contributed by atoms with Crippen molar-refractivity contribution < 1.29 is 9.59 Å². The summed E-state index contributed by atoms with van der Waals surface area (Å²) in [7, 11) is 0. The highest BCUT2D eigenvalue weighted by Crippen LogP contribution is 2.23. The standard InChI is InChI=1S/C36H46N6O2/c1-25-23-42(36(44)34(39)22-27-13-15-29-8-3-5-10-31(29)20-27)32(11-6-17-40-18-16-37)24-41(25)35(43)33(38)21-26-12-14-28-7-2-4-9-30(28)19-26/h2-5,7-10,12-15,19-20,25,32-34,40H,6,11,16-18,21-24,37-39H2,1H3/t25-,32+,33-,34-/m1/s1. The Hall–Kier alpha value is -3.82. The lowest BCUT2D eigenvalue weighted by Gasteiger charge is -2.47. The molecule has 0 radical (unpaired) electrons. The maximum atomic E-state index is 13.9. The number of nitrogens with zero attached hydrogens (tertiary/aromatic N) is 2. The number of rotatable bonds is 12. The van der Waals surface area contributed by atoms with Crippen LogP contribution in [-0.2, 0) is 22.4 Å². The molecule has 1 heterocycles. The number of carbonyl (C=O) groups excluding carboxylic acids is 2. The zero-order valence-electron chi connectivity index (χ0n) is 25.7. The first-order chi connectivity index (χ1) is 21.3. The predicted molar refractivity (Wildman–Crippen MR) is 179 cm³/mol. The predicted octanol–water partition coefficient (Wildman–Crippen LogP) is 3.19. The molecule has 0 unspecified atom stereocenters. The average molecular weight is 595 g/mol. The average Bonchev–Trinajstić information content (AvgIpc) is 3.04. The molecule has 232 valence electrons. The van der Waals surface area contributed by atoms with Crippen molar-refractivity contribution in [3.05, 3.63) is 96.1 Å². The highest BCUT2D eigenvalue weighted by atomic mass is 16.2. The lowest BCUT2D eigenvalue weighted by Crippen LogP contribution is -2.64. The molecule has 1 saturated heterocycles. The molecule has 4 atom stereocenters. The third-order valence-electron chi connectivity index (χ3n) is 8.79. The van der Waals surface area contributed by atoms with Gasteiger partial charge >= 0.3 is 0 Å². The van der Waals surface area contributed by atoms with Crippen LogP contribution in [-0.4, -0.2) is 78.5 Å². The number of hydrogen-bond acceptors (Lipinski definition) is 6. The van der Waals surface area contributed by atoms with E-state index in [2.05, 4.69) is 53.8 Å². The van der Waals surface area contributed by atoms with Gasteiger partial charge < -0.3 is 32.3 Å². The van der Waals surface area contributed by atoms with Gasteiger partial charge in [-0.05, 0) is 71.8 Å². The van der Waals surface area contributed by atoms with Gasteiger partial charge in [-0.2, -0.15) is 0 Å². The number of hydrogen-bond donors (Lipinski definition) is 4. The van der Waals surface area contributed by atoms with Crippen LogP contribution in [0.2, 0.25) is 0 Å². The maximum Gasteiger partial charge on any atom is 0.240 e. The van der Waals surface area contributed by atoms with Crippen molar-refractivity contribution in [3.63, 3.8) is 0 Å². The summed E-state index contributed by atoms with van der Waals surface area (Å²) in [5, 5.41) is 7.92. The Labute approximate surface area is 260 Å². The third-order valence-corrected chi connectivity index (χ3v) is 8.79. The molecule has 5 rings (SSSR count). The number of piperazine rings is 1. The number of fused-ring (bicyclic) bond motifs is 2. The Morgan fingerprint density at radius 3 is 1.82 bits per heavy atom. The molecule has 2 amide bonds. The molecule has 8 heteroatoms. The molecule has 0 spiro atoms. The van der Waals surface area contributed by atoms with Gasteiger partial charge in [0.05, 0.1) is 12.1 Å². The minimum absolute atomic E-state index is 0.0718. The minimum atomic E-state index is -0.668. The summed E-state index contributed by atoms with van der Waals surface area (Å²) in [5.74, 6) is -0.151. The Kier molecular flexibility index (Phi) is 10.6. The fourth-order valence-electron chi connectivity index (χ4n) is 6.39. The maximum absolute atomic E-state index is 13.9. The summed E-state index contributed by atoms with van der Waals surface area (Å²) in [4.78, 5) is 31.4. The Morgan fingerprint density at radius 2 is 1.27 bits per heavy atom. The molecular weight excluding hydrogens is 548 g/mol. The van der Waals surface area contributed by atoms with Gasteiger partial charge in [-0.25, -0.2) is 0 Å². The molecule has 8 nitrogen and oxygen atoms in total. The normalized spacial score (nSPS) is 18.5. The van der Waals surface area contributed by atoms with Crippen molar-refractivity contribution in [2.24, 2.45) is 17.2 Å². The van der Waals surface area contributed by atoms with E-state index in [0.717, 1.165) is 58.6 Å². The van der Waals surface area contributed by atoms with Gasteiger partial charge in [0.1, 0.15) is 0 Å². The number of carbonyl (C=O) groups is 2. The molecule has 1 aliphatic rings. The van der Waals surface area contributed by atoms with Gasteiger partial charge in [-0.3, -0.25) is 9.59 Å². The largest absolute Gasteiger partial charge is 0.335 e. The molecule has 0 bridgehead atoms. The van der Waals surface area contributed by atoms with Crippen LogP contribution in [0, 0.1) is 0 Å². The van der Waals surface area contributed by atoms with E-state index < -0.39 is 12.1 Å². The van der Waals surface area contributed by atoms with Crippen molar-refractivity contribution in [2.75, 3.05) is 32.7 Å². The van der Waals surface area contributed by atoms with Crippen molar-refractivity contribution in [3.8, 4) is 0 Å². The molecule has 0 aromatic heterocycles. The van der Waals surface area contributed by atoms with E-state index in [9.17, 15) is 9.59 Å². The number of nitrogens with one attached hydrogen (secondary N) is 1. The molecule has 4 aromatic carbocycles. The lowest BCUT2D eigenvalue weighted by molar-refractivity contribution is -0.148. The van der Waals surface area contributed by atoms with Crippen LogP contribution in [0.5, 0.6) is 0 Å². The molecule has 0 saturated carbocycles. The Morgan fingerprint density at radius 1 is 0.750 bits per heavy atom. The second kappa shape index (κ2) is 14.8. The molecule has 7 N–H and O–H groups in total. The van der Waals surface area contributed by atoms with Crippen molar-refractivity contribution in [1.29, 1.82) is 0 Å². The second-order valence-corrected chi connectivity index (χ2v) is 12.1. The van der Waals surface area contributed by atoms with E-state index in [1.807, 2.05) is 53.1 Å². The Bertz CT molecular complexity index is 1570. The van der Waals surface area contributed by atoms with Crippen molar-refractivity contribution in [2.45, 2.75) is 56.8 Å². The smallest absolute Gasteiger partial charge is 0.240 e. The minimum Gasteiger partial charge on any atom is -0.335 e. The van der Waals surface area contributed by atoms with E-state index in [1.54, 1.807) is 0 Å². The van der Waals surface area contributed by atoms with E-state index in [1.165, 1.54) is 0 Å². The zero-order chi connectivity index (χ0) is 31.1. The number of nitrogens with two attached hydrogens (primary N) is 3. The highest BCUT2D eigenvalue weighted by molar-refractivity contribution is 5.87. The first-order valence-corrected chi connectivity index (χ1v) is 15.8. The summed E-state index contributed by atoms with van der Waals surface area (Å²) in [6.07, 6.45) is 2.52. The summed E-state index contributed by atoms with van der Waals surface area (Å²) < 4.78 is 0. The van der Waals surface area contributed by atoms with Gasteiger partial charge in [0.2, 0.25) is 11.8 Å². The van der Waals surface area contributed by atoms with Crippen LogP contribution in [0.1, 0.15) is 30.9 Å². The van der Waals surface area contributed by atoms with Crippen molar-refractivity contribution >= 4 is 33.4 Å². The Balaban J connectivity index is 1.27. The second-order valence-electron chi connectivity index (χ2n) is 12.1. The fraction of sp³-hybridized carbons (Fsp3) is 0.389. The highest BCUT2D eigenvalue weighted by Gasteiger charge is 2.39. The van der Waals surface area contributed by atoms with Crippen LogP contribution < -0.4 is 22.5 Å². The monoisotopic (exact) mass is 594 g/mol. The third kappa shape index (κ3) is 7.63. The SMILES string of the molecule is C[C@@H]1CN(C(=O)[C@H](N)Cc2ccc3ccccc3c2)[C@@H](CCCNCCN)CN1C(=O)[C@H](N)Cc1ccc2ccccc2c1. The molecule has 1 aliphatic heterocycles. The molecular formula is C36H46N6O2. The number of amides is 2. The van der Waals surface area contributed by atoms with E-state index in [-0.39, 0.29) is 23.9 Å². The van der Waals surface area contributed by atoms with Crippen LogP contribution in [0.15, 0.2) is 84.9 Å². The first kappa shape index (κ1) is 31.6. The van der Waals surface area contributed by atoms with Crippen LogP contribution in [0.3, 0.4) is 0 Å². The summed E-state index contributed by atoms with van der Waals surface area (Å²) in [6.45, 7) is 4.98.